The number of carbonyl (C=O) groups excluding carboxylic acids is 2. The topological polar surface area (TPSA) is 109 Å². The van der Waals surface area contributed by atoms with Gasteiger partial charge in [-0.25, -0.2) is 13.3 Å². The van der Waals surface area contributed by atoms with Gasteiger partial charge in [-0.3, -0.25) is 9.59 Å². The van der Waals surface area contributed by atoms with Gasteiger partial charge < -0.3 is 26.0 Å². The van der Waals surface area contributed by atoms with Gasteiger partial charge in [-0.15, -0.1) is 0 Å². The number of allylic oxidation sites excluding steroid dienone is 1. The highest BCUT2D eigenvalue weighted by Gasteiger charge is 2.24. The lowest BCUT2D eigenvalue weighted by atomic mass is 9.91. The Morgan fingerprint density at radius 2 is 1.63 bits per heavy atom. The Bertz CT molecular complexity index is 1610. The SMILES string of the molecule is CN/C(C)=C(\C(=O)Nc1ccc(F)cc1)C(=O)Nc1ccc(Oc2ccnn3ccc(C4CCNCC4)c23)c(F)c1. The second-order valence-electron chi connectivity index (χ2n) is 9.70. The first-order chi connectivity index (χ1) is 19.8. The number of carbonyl (C=O) groups is 2. The molecule has 2 aromatic carbocycles. The van der Waals surface area contributed by atoms with Crippen LogP contribution in [0.1, 0.15) is 31.2 Å². The van der Waals surface area contributed by atoms with E-state index in [-0.39, 0.29) is 17.0 Å². The predicted molar refractivity (Wildman–Crippen MR) is 152 cm³/mol. The Hall–Kier alpha value is -4.77. The first-order valence-corrected chi connectivity index (χ1v) is 13.3. The molecule has 4 N–H and O–H groups in total. The number of rotatable bonds is 8. The molecule has 1 saturated heterocycles. The number of ether oxygens (including phenoxy) is 1. The average molecular weight is 561 g/mol. The van der Waals surface area contributed by atoms with Gasteiger partial charge in [0.1, 0.15) is 16.9 Å². The third-order valence-electron chi connectivity index (χ3n) is 7.04. The highest BCUT2D eigenvalue weighted by Crippen LogP contribution is 2.36. The number of hydrogen-bond acceptors (Lipinski definition) is 6. The highest BCUT2D eigenvalue weighted by molar-refractivity contribution is 6.26. The van der Waals surface area contributed by atoms with Gasteiger partial charge in [-0.2, -0.15) is 5.10 Å². The minimum Gasteiger partial charge on any atom is -0.452 e. The lowest BCUT2D eigenvalue weighted by molar-refractivity contribution is -0.118. The van der Waals surface area contributed by atoms with E-state index in [1.807, 2.05) is 12.3 Å². The summed E-state index contributed by atoms with van der Waals surface area (Å²) in [7, 11) is 1.57. The zero-order valence-corrected chi connectivity index (χ0v) is 22.6. The van der Waals surface area contributed by atoms with Crippen LogP contribution in [-0.2, 0) is 9.59 Å². The van der Waals surface area contributed by atoms with Gasteiger partial charge in [-0.05, 0) is 86.8 Å². The van der Waals surface area contributed by atoms with E-state index >= 15 is 4.39 Å². The number of nitrogens with one attached hydrogen (secondary N) is 4. The molecular weight excluding hydrogens is 530 g/mol. The first-order valence-electron chi connectivity index (χ1n) is 13.3. The van der Waals surface area contributed by atoms with Gasteiger partial charge in [0.25, 0.3) is 11.8 Å². The van der Waals surface area contributed by atoms with E-state index < -0.39 is 23.4 Å². The Morgan fingerprint density at radius 3 is 2.32 bits per heavy atom. The summed E-state index contributed by atoms with van der Waals surface area (Å²) in [5, 5.41) is 15.7. The van der Waals surface area contributed by atoms with Crippen molar-refractivity contribution in [2.24, 2.45) is 0 Å². The van der Waals surface area contributed by atoms with Crippen LogP contribution in [0.3, 0.4) is 0 Å². The van der Waals surface area contributed by atoms with E-state index in [4.69, 9.17) is 4.74 Å². The van der Waals surface area contributed by atoms with Crippen molar-refractivity contribution in [1.82, 2.24) is 20.2 Å². The van der Waals surface area contributed by atoms with Crippen molar-refractivity contribution < 1.29 is 23.1 Å². The van der Waals surface area contributed by atoms with Crippen LogP contribution in [0, 0.1) is 11.6 Å². The van der Waals surface area contributed by atoms with Crippen molar-refractivity contribution in [1.29, 1.82) is 0 Å². The molecule has 3 heterocycles. The molecule has 0 unspecified atom stereocenters. The Kier molecular flexibility index (Phi) is 8.25. The highest BCUT2D eigenvalue weighted by atomic mass is 19.1. The van der Waals surface area contributed by atoms with Gasteiger partial charge >= 0.3 is 0 Å². The summed E-state index contributed by atoms with van der Waals surface area (Å²) < 4.78 is 36.2. The fourth-order valence-electron chi connectivity index (χ4n) is 4.85. The number of piperidine rings is 1. The molecule has 41 heavy (non-hydrogen) atoms. The van der Waals surface area contributed by atoms with Gasteiger partial charge in [0, 0.05) is 42.4 Å². The fourth-order valence-corrected chi connectivity index (χ4v) is 4.85. The molecule has 0 saturated carbocycles. The summed E-state index contributed by atoms with van der Waals surface area (Å²) in [6.45, 7) is 3.42. The molecule has 4 aromatic rings. The minimum absolute atomic E-state index is 0.0233. The predicted octanol–water partition coefficient (Wildman–Crippen LogP) is 4.94. The van der Waals surface area contributed by atoms with Crippen LogP contribution in [0.4, 0.5) is 20.2 Å². The Labute approximate surface area is 235 Å². The average Bonchev–Trinajstić information content (AvgIpc) is 3.41. The van der Waals surface area contributed by atoms with Crippen molar-refractivity contribution in [2.75, 3.05) is 30.8 Å². The summed E-state index contributed by atoms with van der Waals surface area (Å²) >= 11 is 0. The standard InChI is InChI=1S/C30H30F2N6O3/c1-18(33-2)27(29(39)36-21-5-3-20(31)4-6-21)30(40)37-22-7-8-25(24(32)17-22)41-26-11-15-35-38-16-12-23(28(26)38)19-9-13-34-14-10-19/h3-8,11-12,15-17,19,33-34H,9-10,13-14H2,1-2H3,(H,36,39)(H,37,40)/b27-18+. The zero-order valence-electron chi connectivity index (χ0n) is 22.6. The summed E-state index contributed by atoms with van der Waals surface area (Å²) in [5.74, 6) is -1.81. The normalized spacial score (nSPS) is 14.3. The van der Waals surface area contributed by atoms with Crippen LogP contribution in [0.5, 0.6) is 11.5 Å². The van der Waals surface area contributed by atoms with Crippen LogP contribution in [-0.4, -0.2) is 41.6 Å². The Balaban J connectivity index is 1.34. The smallest absolute Gasteiger partial charge is 0.263 e. The van der Waals surface area contributed by atoms with E-state index in [1.165, 1.54) is 36.4 Å². The van der Waals surface area contributed by atoms with Crippen LogP contribution in [0.25, 0.3) is 5.52 Å². The lowest BCUT2D eigenvalue weighted by Gasteiger charge is -2.22. The molecule has 1 aliphatic heterocycles. The number of fused-ring (bicyclic) bond motifs is 1. The Morgan fingerprint density at radius 1 is 0.951 bits per heavy atom. The largest absolute Gasteiger partial charge is 0.452 e. The summed E-state index contributed by atoms with van der Waals surface area (Å²) in [5.41, 5.74) is 2.43. The minimum atomic E-state index is -0.750. The second kappa shape index (κ2) is 12.2. The molecule has 212 valence electrons. The third-order valence-corrected chi connectivity index (χ3v) is 7.04. The lowest BCUT2D eigenvalue weighted by Crippen LogP contribution is -2.29. The maximum Gasteiger partial charge on any atom is 0.263 e. The fraction of sp³-hybridized carbons (Fsp3) is 0.233. The maximum absolute atomic E-state index is 15.2. The monoisotopic (exact) mass is 560 g/mol. The molecule has 2 amide bonds. The number of nitrogens with zero attached hydrogens (tertiary/aromatic N) is 2. The van der Waals surface area contributed by atoms with Crippen molar-refractivity contribution in [3.63, 3.8) is 0 Å². The van der Waals surface area contributed by atoms with Crippen molar-refractivity contribution in [3.05, 3.63) is 95.5 Å². The molecule has 9 nitrogen and oxygen atoms in total. The molecule has 1 aliphatic rings. The summed E-state index contributed by atoms with van der Waals surface area (Å²) in [6.07, 6.45) is 5.44. The number of amides is 2. The van der Waals surface area contributed by atoms with Crippen LogP contribution >= 0.6 is 0 Å². The molecule has 0 bridgehead atoms. The molecule has 0 aliphatic carbocycles. The summed E-state index contributed by atoms with van der Waals surface area (Å²) in [6, 6.07) is 12.9. The molecule has 1 fully saturated rings. The van der Waals surface area contributed by atoms with Crippen LogP contribution < -0.4 is 26.0 Å². The van der Waals surface area contributed by atoms with Crippen molar-refractivity contribution in [3.8, 4) is 11.5 Å². The van der Waals surface area contributed by atoms with Gasteiger partial charge in [-0.1, -0.05) is 0 Å². The molecule has 2 aromatic heterocycles. The van der Waals surface area contributed by atoms with E-state index in [0.29, 0.717) is 23.1 Å². The molecule has 0 atom stereocenters. The van der Waals surface area contributed by atoms with Gasteiger partial charge in [0.15, 0.2) is 17.3 Å². The van der Waals surface area contributed by atoms with Crippen LogP contribution in [0.15, 0.2) is 78.3 Å². The molecule has 0 spiro atoms. The van der Waals surface area contributed by atoms with Gasteiger partial charge in [0.2, 0.25) is 0 Å². The van der Waals surface area contributed by atoms with E-state index in [2.05, 4.69) is 26.4 Å². The number of hydrogen-bond donors (Lipinski definition) is 4. The van der Waals surface area contributed by atoms with E-state index in [9.17, 15) is 14.0 Å². The quantitative estimate of drug-likeness (QED) is 0.138. The molecular formula is C30H30F2N6O3. The number of anilines is 2. The molecule has 11 heteroatoms. The van der Waals surface area contributed by atoms with E-state index in [1.54, 1.807) is 30.8 Å². The zero-order chi connectivity index (χ0) is 28.9. The number of halogens is 2. The van der Waals surface area contributed by atoms with Gasteiger partial charge in [0.05, 0.1) is 6.20 Å². The maximum atomic E-state index is 15.2. The first kappa shape index (κ1) is 27.8. The molecule has 0 radical (unpaired) electrons. The number of benzene rings is 2. The van der Waals surface area contributed by atoms with E-state index in [0.717, 1.165) is 43.1 Å². The van der Waals surface area contributed by atoms with Crippen LogP contribution in [0.2, 0.25) is 0 Å². The third kappa shape index (κ3) is 6.20. The second-order valence-corrected chi connectivity index (χ2v) is 9.70. The van der Waals surface area contributed by atoms with Crippen molar-refractivity contribution in [2.45, 2.75) is 25.7 Å². The van der Waals surface area contributed by atoms with Crippen molar-refractivity contribution >= 4 is 28.7 Å². The number of aromatic nitrogens is 2. The summed E-state index contributed by atoms with van der Waals surface area (Å²) in [4.78, 5) is 26.0. The molecule has 5 rings (SSSR count).